The molecular formula is C9H10ClF3N2. The zero-order valence-electron chi connectivity index (χ0n) is 7.74. The van der Waals surface area contributed by atoms with Crippen LogP contribution in [0.5, 0.6) is 0 Å². The Labute approximate surface area is 90.2 Å². The second-order valence-electron chi connectivity index (χ2n) is 3.02. The minimum atomic E-state index is -4.17. The molecule has 6 heteroatoms. The molecule has 0 amide bonds. The van der Waals surface area contributed by atoms with Crippen molar-refractivity contribution in [2.24, 2.45) is 0 Å². The summed E-state index contributed by atoms with van der Waals surface area (Å²) in [4.78, 5) is 0. The van der Waals surface area contributed by atoms with Gasteiger partial charge in [-0.2, -0.15) is 13.2 Å². The maximum absolute atomic E-state index is 11.8. The Morgan fingerprint density at radius 1 is 1.33 bits per heavy atom. The van der Waals surface area contributed by atoms with Gasteiger partial charge in [-0.05, 0) is 18.2 Å². The fourth-order valence-electron chi connectivity index (χ4n) is 1.02. The first kappa shape index (κ1) is 12.0. The minimum absolute atomic E-state index is 0.214. The molecule has 1 aromatic carbocycles. The smallest absolute Gasteiger partial charge is 0.390 e. The van der Waals surface area contributed by atoms with E-state index >= 15 is 0 Å². The van der Waals surface area contributed by atoms with E-state index in [0.717, 1.165) is 0 Å². The lowest BCUT2D eigenvalue weighted by atomic mass is 10.2. The maximum atomic E-state index is 11.8. The Kier molecular flexibility index (Phi) is 3.68. The summed E-state index contributed by atoms with van der Waals surface area (Å²) in [6.45, 7) is -0.214. The lowest BCUT2D eigenvalue weighted by Gasteiger charge is -2.11. The number of hydrogen-bond acceptors (Lipinski definition) is 2. The van der Waals surface area contributed by atoms with Gasteiger partial charge >= 0.3 is 6.18 Å². The molecule has 84 valence electrons. The minimum Gasteiger partial charge on any atom is -0.397 e. The molecule has 3 N–H and O–H groups in total. The quantitative estimate of drug-likeness (QED) is 0.793. The van der Waals surface area contributed by atoms with Crippen LogP contribution < -0.4 is 11.1 Å². The Morgan fingerprint density at radius 2 is 2.00 bits per heavy atom. The van der Waals surface area contributed by atoms with E-state index in [9.17, 15) is 13.2 Å². The number of nitrogen functional groups attached to an aromatic ring is 1. The van der Waals surface area contributed by atoms with Gasteiger partial charge in [0.15, 0.2) is 0 Å². The van der Waals surface area contributed by atoms with Crippen molar-refractivity contribution in [1.82, 2.24) is 0 Å². The van der Waals surface area contributed by atoms with Crippen LogP contribution in [0.4, 0.5) is 24.5 Å². The lowest BCUT2D eigenvalue weighted by molar-refractivity contribution is -0.131. The van der Waals surface area contributed by atoms with Crippen molar-refractivity contribution in [2.45, 2.75) is 12.6 Å². The molecule has 0 heterocycles. The standard InChI is InChI=1S/C9H10ClF3N2/c10-6-1-2-7(14)8(5-6)15-4-3-9(11,12)13/h1-2,5,15H,3-4,14H2. The molecule has 0 saturated heterocycles. The van der Waals surface area contributed by atoms with Crippen LogP contribution in [-0.2, 0) is 0 Å². The molecule has 0 bridgehead atoms. The largest absolute Gasteiger partial charge is 0.397 e. The highest BCUT2D eigenvalue weighted by Gasteiger charge is 2.26. The van der Waals surface area contributed by atoms with Crippen LogP contribution in [0, 0.1) is 0 Å². The SMILES string of the molecule is Nc1ccc(Cl)cc1NCCC(F)(F)F. The van der Waals surface area contributed by atoms with Crippen LogP contribution in [-0.4, -0.2) is 12.7 Å². The molecule has 0 aliphatic rings. The van der Waals surface area contributed by atoms with Crippen molar-refractivity contribution in [3.8, 4) is 0 Å². The predicted octanol–water partition coefficient (Wildman–Crippen LogP) is 3.29. The summed E-state index contributed by atoms with van der Waals surface area (Å²) in [7, 11) is 0. The van der Waals surface area contributed by atoms with Crippen molar-refractivity contribution in [1.29, 1.82) is 0 Å². The fraction of sp³-hybridized carbons (Fsp3) is 0.333. The van der Waals surface area contributed by atoms with Crippen molar-refractivity contribution in [3.05, 3.63) is 23.2 Å². The molecule has 0 aliphatic carbocycles. The van der Waals surface area contributed by atoms with Crippen molar-refractivity contribution in [2.75, 3.05) is 17.6 Å². The first-order chi connectivity index (χ1) is 6.88. The van der Waals surface area contributed by atoms with E-state index in [1.807, 2.05) is 0 Å². The molecule has 1 rings (SSSR count). The van der Waals surface area contributed by atoms with E-state index in [2.05, 4.69) is 5.32 Å². The normalized spacial score (nSPS) is 11.5. The van der Waals surface area contributed by atoms with Gasteiger partial charge < -0.3 is 11.1 Å². The van der Waals surface area contributed by atoms with Gasteiger partial charge in [0.1, 0.15) is 0 Å². The van der Waals surface area contributed by atoms with Crippen LogP contribution in [0.2, 0.25) is 5.02 Å². The predicted molar refractivity (Wildman–Crippen MR) is 55.0 cm³/mol. The molecule has 0 unspecified atom stereocenters. The Morgan fingerprint density at radius 3 is 2.60 bits per heavy atom. The molecule has 0 saturated carbocycles. The topological polar surface area (TPSA) is 38.0 Å². The monoisotopic (exact) mass is 238 g/mol. The van der Waals surface area contributed by atoms with Gasteiger partial charge in [-0.1, -0.05) is 11.6 Å². The molecule has 0 aliphatic heterocycles. The molecular weight excluding hydrogens is 229 g/mol. The second-order valence-corrected chi connectivity index (χ2v) is 3.46. The molecule has 0 spiro atoms. The van der Waals surface area contributed by atoms with E-state index in [0.29, 0.717) is 16.4 Å². The number of benzene rings is 1. The van der Waals surface area contributed by atoms with Crippen LogP contribution in [0.15, 0.2) is 18.2 Å². The van der Waals surface area contributed by atoms with Gasteiger partial charge in [-0.15, -0.1) is 0 Å². The van der Waals surface area contributed by atoms with Crippen LogP contribution in [0.3, 0.4) is 0 Å². The average molecular weight is 239 g/mol. The van der Waals surface area contributed by atoms with E-state index < -0.39 is 12.6 Å². The lowest BCUT2D eigenvalue weighted by Crippen LogP contribution is -2.15. The average Bonchev–Trinajstić information content (AvgIpc) is 2.09. The zero-order chi connectivity index (χ0) is 11.5. The Bertz CT molecular complexity index is 339. The first-order valence-corrected chi connectivity index (χ1v) is 4.62. The third-order valence-electron chi connectivity index (χ3n) is 1.74. The third kappa shape index (κ3) is 4.29. The molecule has 1 aromatic rings. The number of alkyl halides is 3. The van der Waals surface area contributed by atoms with Gasteiger partial charge in [-0.25, -0.2) is 0 Å². The highest BCUT2D eigenvalue weighted by Crippen LogP contribution is 2.24. The Balaban J connectivity index is 2.54. The van der Waals surface area contributed by atoms with Gasteiger partial charge in [0.25, 0.3) is 0 Å². The van der Waals surface area contributed by atoms with Crippen molar-refractivity contribution < 1.29 is 13.2 Å². The number of rotatable bonds is 3. The zero-order valence-corrected chi connectivity index (χ0v) is 8.49. The summed E-state index contributed by atoms with van der Waals surface area (Å²) < 4.78 is 35.5. The van der Waals surface area contributed by atoms with Crippen LogP contribution >= 0.6 is 11.6 Å². The number of anilines is 2. The van der Waals surface area contributed by atoms with Gasteiger partial charge in [-0.3, -0.25) is 0 Å². The van der Waals surface area contributed by atoms with E-state index in [-0.39, 0.29) is 6.54 Å². The summed E-state index contributed by atoms with van der Waals surface area (Å²) in [5, 5.41) is 3.01. The molecule has 0 fully saturated rings. The highest BCUT2D eigenvalue weighted by molar-refractivity contribution is 6.31. The second kappa shape index (κ2) is 4.61. The van der Waals surface area contributed by atoms with E-state index in [4.69, 9.17) is 17.3 Å². The van der Waals surface area contributed by atoms with Crippen molar-refractivity contribution >= 4 is 23.0 Å². The highest BCUT2D eigenvalue weighted by atomic mass is 35.5. The summed E-state index contributed by atoms with van der Waals surface area (Å²) in [6, 6.07) is 4.61. The molecule has 2 nitrogen and oxygen atoms in total. The Hall–Kier alpha value is -1.10. The summed E-state index contributed by atoms with van der Waals surface area (Å²) in [5.41, 5.74) is 6.34. The first-order valence-electron chi connectivity index (χ1n) is 4.24. The van der Waals surface area contributed by atoms with Crippen LogP contribution in [0.25, 0.3) is 0 Å². The number of nitrogens with two attached hydrogens (primary N) is 1. The molecule has 0 aromatic heterocycles. The number of halogens is 4. The molecule has 0 radical (unpaired) electrons. The molecule has 15 heavy (non-hydrogen) atoms. The summed E-state index contributed by atoms with van der Waals surface area (Å²) in [5.74, 6) is 0. The van der Waals surface area contributed by atoms with Crippen LogP contribution in [0.1, 0.15) is 6.42 Å². The van der Waals surface area contributed by atoms with E-state index in [1.165, 1.54) is 12.1 Å². The van der Waals surface area contributed by atoms with Gasteiger partial charge in [0.05, 0.1) is 17.8 Å². The summed E-state index contributed by atoms with van der Waals surface area (Å²) in [6.07, 6.45) is -5.07. The van der Waals surface area contributed by atoms with Gasteiger partial charge in [0.2, 0.25) is 0 Å². The summed E-state index contributed by atoms with van der Waals surface area (Å²) >= 11 is 5.67. The molecule has 0 atom stereocenters. The van der Waals surface area contributed by atoms with Gasteiger partial charge in [0, 0.05) is 11.6 Å². The van der Waals surface area contributed by atoms with E-state index in [1.54, 1.807) is 6.07 Å². The number of nitrogens with one attached hydrogen (secondary N) is 1. The third-order valence-corrected chi connectivity index (χ3v) is 1.97. The van der Waals surface area contributed by atoms with Crippen molar-refractivity contribution in [3.63, 3.8) is 0 Å². The maximum Gasteiger partial charge on any atom is 0.390 e. The fourth-order valence-corrected chi connectivity index (χ4v) is 1.19. The number of hydrogen-bond donors (Lipinski definition) is 2.